The van der Waals surface area contributed by atoms with Crippen LogP contribution >= 0.6 is 0 Å². The molecule has 1 aromatic carbocycles. The lowest BCUT2D eigenvalue weighted by Gasteiger charge is -2.34. The molecule has 0 spiro atoms. The maximum absolute atomic E-state index is 13.0. The Kier molecular flexibility index (Phi) is 3.78. The van der Waals surface area contributed by atoms with Gasteiger partial charge in [0.05, 0.1) is 5.41 Å². The third-order valence-electron chi connectivity index (χ3n) is 5.12. The van der Waals surface area contributed by atoms with Gasteiger partial charge in [0.2, 0.25) is 5.91 Å². The first kappa shape index (κ1) is 14.6. The van der Waals surface area contributed by atoms with Gasteiger partial charge in [-0.05, 0) is 52.1 Å². The summed E-state index contributed by atoms with van der Waals surface area (Å²) >= 11 is 0. The standard InChI is InChI=1S/C18H26N2O/c1-13-10-14(2)12-15(11-13)18(6-7-18)17(21)20-8-4-16(19-3)5-9-20/h10-12,16,19H,4-9H2,1-3H3. The molecule has 1 saturated carbocycles. The van der Waals surface area contributed by atoms with Crippen LogP contribution in [-0.2, 0) is 10.2 Å². The van der Waals surface area contributed by atoms with Gasteiger partial charge in [-0.3, -0.25) is 4.79 Å². The van der Waals surface area contributed by atoms with E-state index in [0.29, 0.717) is 11.9 Å². The molecule has 1 aliphatic heterocycles. The van der Waals surface area contributed by atoms with Crippen LogP contribution < -0.4 is 5.32 Å². The molecule has 21 heavy (non-hydrogen) atoms. The van der Waals surface area contributed by atoms with Gasteiger partial charge < -0.3 is 10.2 Å². The number of aryl methyl sites for hydroxylation is 2. The number of hydrogen-bond acceptors (Lipinski definition) is 2. The summed E-state index contributed by atoms with van der Waals surface area (Å²) in [6.45, 7) is 6.04. The number of rotatable bonds is 3. The number of nitrogens with zero attached hydrogens (tertiary/aromatic N) is 1. The zero-order chi connectivity index (χ0) is 15.0. The number of carbonyl (C=O) groups is 1. The second-order valence-corrected chi connectivity index (χ2v) is 6.81. The van der Waals surface area contributed by atoms with Crippen molar-refractivity contribution in [1.29, 1.82) is 0 Å². The number of piperidine rings is 1. The number of amides is 1. The predicted octanol–water partition coefficient (Wildman–Crippen LogP) is 2.55. The average molecular weight is 286 g/mol. The van der Waals surface area contributed by atoms with E-state index in [4.69, 9.17) is 0 Å². The Bertz CT molecular complexity index is 520. The van der Waals surface area contributed by atoms with Gasteiger partial charge in [0.25, 0.3) is 0 Å². The van der Waals surface area contributed by atoms with Crippen LogP contribution in [0.3, 0.4) is 0 Å². The molecule has 2 fully saturated rings. The van der Waals surface area contributed by atoms with Crippen LogP contribution in [0, 0.1) is 13.8 Å². The predicted molar refractivity (Wildman–Crippen MR) is 85.5 cm³/mol. The van der Waals surface area contributed by atoms with Gasteiger partial charge in [-0.1, -0.05) is 29.3 Å². The minimum atomic E-state index is -0.205. The summed E-state index contributed by atoms with van der Waals surface area (Å²) < 4.78 is 0. The molecule has 1 N–H and O–H groups in total. The summed E-state index contributed by atoms with van der Waals surface area (Å²) in [4.78, 5) is 15.1. The molecule has 0 radical (unpaired) electrons. The molecule has 1 amide bonds. The average Bonchev–Trinajstić information content (AvgIpc) is 3.27. The molecule has 1 aromatic rings. The van der Waals surface area contributed by atoms with Crippen LogP contribution in [0.2, 0.25) is 0 Å². The van der Waals surface area contributed by atoms with Gasteiger partial charge >= 0.3 is 0 Å². The van der Waals surface area contributed by atoms with Gasteiger partial charge in [0, 0.05) is 19.1 Å². The molecule has 3 heteroatoms. The first-order valence-electron chi connectivity index (χ1n) is 8.10. The Hall–Kier alpha value is -1.35. The Labute approximate surface area is 127 Å². The van der Waals surface area contributed by atoms with Crippen molar-refractivity contribution in [2.45, 2.75) is 51.0 Å². The largest absolute Gasteiger partial charge is 0.342 e. The SMILES string of the molecule is CNC1CCN(C(=O)C2(c3cc(C)cc(C)c3)CC2)CC1. The van der Waals surface area contributed by atoms with Crippen LogP contribution in [0.1, 0.15) is 42.4 Å². The second kappa shape index (κ2) is 5.45. The van der Waals surface area contributed by atoms with Gasteiger partial charge in [-0.15, -0.1) is 0 Å². The molecule has 1 heterocycles. The van der Waals surface area contributed by atoms with Crippen molar-refractivity contribution in [2.75, 3.05) is 20.1 Å². The van der Waals surface area contributed by atoms with E-state index in [1.165, 1.54) is 16.7 Å². The summed E-state index contributed by atoms with van der Waals surface area (Å²) in [6.07, 6.45) is 4.18. The summed E-state index contributed by atoms with van der Waals surface area (Å²) in [5.41, 5.74) is 3.56. The third-order valence-corrected chi connectivity index (χ3v) is 5.12. The van der Waals surface area contributed by atoms with E-state index in [9.17, 15) is 4.79 Å². The molecule has 1 saturated heterocycles. The first-order chi connectivity index (χ1) is 10.0. The number of nitrogens with one attached hydrogen (secondary N) is 1. The molecule has 1 aliphatic carbocycles. The summed E-state index contributed by atoms with van der Waals surface area (Å²) in [5.74, 6) is 0.363. The summed E-state index contributed by atoms with van der Waals surface area (Å²) in [5, 5.41) is 3.33. The van der Waals surface area contributed by atoms with E-state index in [2.05, 4.69) is 42.3 Å². The number of benzene rings is 1. The van der Waals surface area contributed by atoms with E-state index in [1.807, 2.05) is 7.05 Å². The van der Waals surface area contributed by atoms with Gasteiger partial charge in [-0.25, -0.2) is 0 Å². The van der Waals surface area contributed by atoms with Crippen LogP contribution in [-0.4, -0.2) is 37.0 Å². The molecular weight excluding hydrogens is 260 g/mol. The highest BCUT2D eigenvalue weighted by atomic mass is 16.2. The second-order valence-electron chi connectivity index (χ2n) is 6.81. The molecule has 3 nitrogen and oxygen atoms in total. The number of carbonyl (C=O) groups excluding carboxylic acids is 1. The molecule has 3 rings (SSSR count). The topological polar surface area (TPSA) is 32.3 Å². The van der Waals surface area contributed by atoms with Crippen molar-refractivity contribution in [3.63, 3.8) is 0 Å². The first-order valence-corrected chi connectivity index (χ1v) is 8.10. The minimum absolute atomic E-state index is 0.205. The van der Waals surface area contributed by atoms with Crippen LogP contribution in [0.5, 0.6) is 0 Å². The highest BCUT2D eigenvalue weighted by Crippen LogP contribution is 2.50. The van der Waals surface area contributed by atoms with E-state index in [0.717, 1.165) is 38.8 Å². The number of hydrogen-bond donors (Lipinski definition) is 1. The van der Waals surface area contributed by atoms with E-state index in [-0.39, 0.29) is 5.41 Å². The van der Waals surface area contributed by atoms with Crippen molar-refractivity contribution in [3.8, 4) is 0 Å². The summed E-state index contributed by atoms with van der Waals surface area (Å²) in [6, 6.07) is 7.17. The maximum atomic E-state index is 13.0. The van der Waals surface area contributed by atoms with Crippen molar-refractivity contribution < 1.29 is 4.79 Å². The molecule has 0 aromatic heterocycles. The fourth-order valence-corrected chi connectivity index (χ4v) is 3.68. The van der Waals surface area contributed by atoms with Crippen molar-refractivity contribution in [1.82, 2.24) is 10.2 Å². The van der Waals surface area contributed by atoms with Gasteiger partial charge in [0.15, 0.2) is 0 Å². The molecular formula is C18H26N2O. The Morgan fingerprint density at radius 3 is 2.19 bits per heavy atom. The van der Waals surface area contributed by atoms with Gasteiger partial charge in [0.1, 0.15) is 0 Å². The Morgan fingerprint density at radius 2 is 1.71 bits per heavy atom. The molecule has 0 atom stereocenters. The Balaban J connectivity index is 1.78. The molecule has 114 valence electrons. The fourth-order valence-electron chi connectivity index (χ4n) is 3.68. The number of likely N-dealkylation sites (tertiary alicyclic amines) is 1. The quantitative estimate of drug-likeness (QED) is 0.926. The monoisotopic (exact) mass is 286 g/mol. The van der Waals surface area contributed by atoms with Crippen molar-refractivity contribution in [2.24, 2.45) is 0 Å². The zero-order valence-corrected chi connectivity index (χ0v) is 13.4. The third kappa shape index (κ3) is 2.71. The molecule has 2 aliphatic rings. The van der Waals surface area contributed by atoms with Gasteiger partial charge in [-0.2, -0.15) is 0 Å². The Morgan fingerprint density at radius 1 is 1.14 bits per heavy atom. The smallest absolute Gasteiger partial charge is 0.233 e. The van der Waals surface area contributed by atoms with E-state index < -0.39 is 0 Å². The highest BCUT2D eigenvalue weighted by Gasteiger charge is 2.53. The lowest BCUT2D eigenvalue weighted by Crippen LogP contribution is -2.47. The normalized spacial score (nSPS) is 21.4. The highest BCUT2D eigenvalue weighted by molar-refractivity contribution is 5.91. The fraction of sp³-hybridized carbons (Fsp3) is 0.611. The zero-order valence-electron chi connectivity index (χ0n) is 13.4. The van der Waals surface area contributed by atoms with Crippen molar-refractivity contribution >= 4 is 5.91 Å². The van der Waals surface area contributed by atoms with Crippen LogP contribution in [0.4, 0.5) is 0 Å². The minimum Gasteiger partial charge on any atom is -0.342 e. The van der Waals surface area contributed by atoms with Crippen molar-refractivity contribution in [3.05, 3.63) is 34.9 Å². The summed E-state index contributed by atoms with van der Waals surface area (Å²) in [7, 11) is 2.01. The lowest BCUT2D eigenvalue weighted by atomic mass is 9.90. The van der Waals surface area contributed by atoms with E-state index in [1.54, 1.807) is 0 Å². The molecule has 0 unspecified atom stereocenters. The van der Waals surface area contributed by atoms with Crippen LogP contribution in [0.15, 0.2) is 18.2 Å². The lowest BCUT2D eigenvalue weighted by molar-refractivity contribution is -0.135. The van der Waals surface area contributed by atoms with E-state index >= 15 is 0 Å². The molecule has 0 bridgehead atoms. The van der Waals surface area contributed by atoms with Crippen LogP contribution in [0.25, 0.3) is 0 Å². The maximum Gasteiger partial charge on any atom is 0.233 e.